The second kappa shape index (κ2) is 7.42. The molecule has 0 radical (unpaired) electrons. The van der Waals surface area contributed by atoms with Gasteiger partial charge in [0.25, 0.3) is 0 Å². The lowest BCUT2D eigenvalue weighted by molar-refractivity contribution is -0.143. The maximum atomic E-state index is 13.2. The molecule has 0 unspecified atom stereocenters. The van der Waals surface area contributed by atoms with Gasteiger partial charge in [0, 0.05) is 11.6 Å². The van der Waals surface area contributed by atoms with Crippen molar-refractivity contribution in [3.8, 4) is 5.75 Å². The molecular formula is C15H19F6NO. The van der Waals surface area contributed by atoms with Crippen LogP contribution in [0.25, 0.3) is 0 Å². The summed E-state index contributed by atoms with van der Waals surface area (Å²) in [6.07, 6.45) is -7.41. The molecule has 2 N–H and O–H groups in total. The van der Waals surface area contributed by atoms with Crippen LogP contribution in [-0.2, 0) is 12.4 Å². The first kappa shape index (κ1) is 19.6. The zero-order valence-corrected chi connectivity index (χ0v) is 12.8. The molecular weight excluding hydrogens is 324 g/mol. The van der Waals surface area contributed by atoms with E-state index in [-0.39, 0.29) is 12.5 Å². The number of nitrogens with two attached hydrogens (primary N) is 1. The van der Waals surface area contributed by atoms with Gasteiger partial charge >= 0.3 is 12.4 Å². The van der Waals surface area contributed by atoms with Crippen LogP contribution in [0.4, 0.5) is 26.3 Å². The van der Waals surface area contributed by atoms with Crippen molar-refractivity contribution in [2.75, 3.05) is 7.11 Å². The standard InChI is InChI=1S/C15H19F6NO/c1-3-4-5-6-11(22)13-10(15(19,20)21)7-9(14(16,17)18)8-12(13)23-2/h7-8,11H,3-6,22H2,1-2H3/t11-/m0/s1. The minimum atomic E-state index is -4.95. The van der Waals surface area contributed by atoms with Gasteiger partial charge in [0.2, 0.25) is 0 Å². The lowest BCUT2D eigenvalue weighted by Gasteiger charge is -2.23. The van der Waals surface area contributed by atoms with E-state index in [2.05, 4.69) is 0 Å². The van der Waals surface area contributed by atoms with Gasteiger partial charge in [-0.1, -0.05) is 26.2 Å². The molecule has 1 atom stereocenters. The van der Waals surface area contributed by atoms with Crippen molar-refractivity contribution in [2.45, 2.75) is 51.0 Å². The molecule has 0 saturated carbocycles. The number of methoxy groups -OCH3 is 1. The summed E-state index contributed by atoms with van der Waals surface area (Å²) in [5.41, 5.74) is 2.57. The lowest BCUT2D eigenvalue weighted by atomic mass is 9.93. The van der Waals surface area contributed by atoms with E-state index in [9.17, 15) is 26.3 Å². The third kappa shape index (κ3) is 5.02. The van der Waals surface area contributed by atoms with Gasteiger partial charge in [0.1, 0.15) is 5.75 Å². The molecule has 8 heteroatoms. The monoisotopic (exact) mass is 343 g/mol. The number of rotatable bonds is 6. The highest BCUT2D eigenvalue weighted by atomic mass is 19.4. The lowest BCUT2D eigenvalue weighted by Crippen LogP contribution is -2.20. The average Bonchev–Trinajstić information content (AvgIpc) is 2.44. The van der Waals surface area contributed by atoms with E-state index in [1.807, 2.05) is 6.92 Å². The molecule has 1 aromatic rings. The summed E-state index contributed by atoms with van der Waals surface area (Å²) in [7, 11) is 1.03. The van der Waals surface area contributed by atoms with Gasteiger partial charge in [-0.2, -0.15) is 26.3 Å². The number of hydrogen-bond donors (Lipinski definition) is 1. The fourth-order valence-electron chi connectivity index (χ4n) is 2.33. The van der Waals surface area contributed by atoms with Crippen molar-refractivity contribution in [3.05, 3.63) is 28.8 Å². The van der Waals surface area contributed by atoms with Gasteiger partial charge in [-0.15, -0.1) is 0 Å². The third-order valence-corrected chi connectivity index (χ3v) is 3.48. The number of alkyl halides is 6. The quantitative estimate of drug-likeness (QED) is 0.561. The molecule has 2 nitrogen and oxygen atoms in total. The smallest absolute Gasteiger partial charge is 0.416 e. The van der Waals surface area contributed by atoms with Gasteiger partial charge in [-0.05, 0) is 18.6 Å². The molecule has 0 fully saturated rings. The SMILES string of the molecule is CCCCC[C@H](N)c1c(OC)cc(C(F)(F)F)cc1C(F)(F)F. The molecule has 0 aliphatic carbocycles. The van der Waals surface area contributed by atoms with Crippen LogP contribution in [0.15, 0.2) is 12.1 Å². The first-order valence-electron chi connectivity index (χ1n) is 7.14. The molecule has 0 heterocycles. The largest absolute Gasteiger partial charge is 0.496 e. The zero-order chi connectivity index (χ0) is 17.8. The minimum absolute atomic E-state index is 0.0948. The molecule has 23 heavy (non-hydrogen) atoms. The first-order chi connectivity index (χ1) is 10.5. The number of hydrogen-bond acceptors (Lipinski definition) is 2. The Bertz CT molecular complexity index is 524. The Kier molecular flexibility index (Phi) is 6.33. The van der Waals surface area contributed by atoms with Crippen LogP contribution >= 0.6 is 0 Å². The predicted octanol–water partition coefficient (Wildman–Crippen LogP) is 5.31. The highest BCUT2D eigenvalue weighted by molar-refractivity contribution is 5.48. The Morgan fingerprint density at radius 2 is 1.65 bits per heavy atom. The van der Waals surface area contributed by atoms with E-state index in [0.717, 1.165) is 20.0 Å². The van der Waals surface area contributed by atoms with Crippen molar-refractivity contribution in [1.29, 1.82) is 0 Å². The summed E-state index contributed by atoms with van der Waals surface area (Å²) in [6, 6.07) is -0.391. The fraction of sp³-hybridized carbons (Fsp3) is 0.600. The summed E-state index contributed by atoms with van der Waals surface area (Å²) in [5, 5.41) is 0. The Balaban J connectivity index is 3.41. The number of unbranched alkanes of at least 4 members (excludes halogenated alkanes) is 2. The third-order valence-electron chi connectivity index (χ3n) is 3.48. The highest BCUT2D eigenvalue weighted by Crippen LogP contribution is 2.44. The summed E-state index contributed by atoms with van der Waals surface area (Å²) < 4.78 is 82.8. The molecule has 0 bridgehead atoms. The van der Waals surface area contributed by atoms with Crippen LogP contribution in [0.3, 0.4) is 0 Å². The van der Waals surface area contributed by atoms with Crippen molar-refractivity contribution in [1.82, 2.24) is 0 Å². The van der Waals surface area contributed by atoms with E-state index in [1.54, 1.807) is 0 Å². The maximum absolute atomic E-state index is 13.2. The molecule has 1 aromatic carbocycles. The Morgan fingerprint density at radius 3 is 2.09 bits per heavy atom. The van der Waals surface area contributed by atoms with Gasteiger partial charge in [-0.3, -0.25) is 0 Å². The Morgan fingerprint density at radius 1 is 1.04 bits per heavy atom. The summed E-state index contributed by atoms with van der Waals surface area (Å²) in [5.74, 6) is -0.490. The predicted molar refractivity (Wildman–Crippen MR) is 74.1 cm³/mol. The van der Waals surface area contributed by atoms with E-state index in [4.69, 9.17) is 10.5 Å². The van der Waals surface area contributed by atoms with Crippen LogP contribution < -0.4 is 10.5 Å². The average molecular weight is 343 g/mol. The topological polar surface area (TPSA) is 35.2 Å². The number of halogens is 6. The minimum Gasteiger partial charge on any atom is -0.496 e. The zero-order valence-electron chi connectivity index (χ0n) is 12.8. The van der Waals surface area contributed by atoms with Crippen molar-refractivity contribution in [2.24, 2.45) is 5.73 Å². The number of ether oxygens (including phenoxy) is 1. The van der Waals surface area contributed by atoms with E-state index < -0.39 is 40.8 Å². The van der Waals surface area contributed by atoms with E-state index in [1.165, 1.54) is 0 Å². The van der Waals surface area contributed by atoms with Gasteiger partial charge < -0.3 is 10.5 Å². The van der Waals surface area contributed by atoms with Crippen LogP contribution in [-0.4, -0.2) is 7.11 Å². The fourth-order valence-corrected chi connectivity index (χ4v) is 2.33. The second-order valence-electron chi connectivity index (χ2n) is 5.24. The Labute approximate surface area is 130 Å². The normalized spacial score (nSPS) is 14.0. The van der Waals surface area contributed by atoms with Crippen molar-refractivity contribution in [3.63, 3.8) is 0 Å². The van der Waals surface area contributed by atoms with Crippen LogP contribution in [0.1, 0.15) is 55.3 Å². The molecule has 0 aromatic heterocycles. The van der Waals surface area contributed by atoms with Crippen molar-refractivity contribution >= 4 is 0 Å². The van der Waals surface area contributed by atoms with Crippen LogP contribution in [0, 0.1) is 0 Å². The van der Waals surface area contributed by atoms with Crippen molar-refractivity contribution < 1.29 is 31.1 Å². The molecule has 0 aliphatic heterocycles. The van der Waals surface area contributed by atoms with E-state index >= 15 is 0 Å². The summed E-state index contributed by atoms with van der Waals surface area (Å²) >= 11 is 0. The molecule has 0 amide bonds. The molecule has 0 saturated heterocycles. The number of benzene rings is 1. The second-order valence-corrected chi connectivity index (χ2v) is 5.24. The van der Waals surface area contributed by atoms with Crippen LogP contribution in [0.5, 0.6) is 5.75 Å². The van der Waals surface area contributed by atoms with Gasteiger partial charge in [0.05, 0.1) is 18.2 Å². The highest BCUT2D eigenvalue weighted by Gasteiger charge is 2.40. The maximum Gasteiger partial charge on any atom is 0.416 e. The summed E-state index contributed by atoms with van der Waals surface area (Å²) in [6.45, 7) is 1.92. The summed E-state index contributed by atoms with van der Waals surface area (Å²) in [4.78, 5) is 0. The first-order valence-corrected chi connectivity index (χ1v) is 7.14. The molecule has 0 aliphatic rings. The molecule has 0 spiro atoms. The van der Waals surface area contributed by atoms with E-state index in [0.29, 0.717) is 12.5 Å². The Hall–Kier alpha value is -1.44. The van der Waals surface area contributed by atoms with Gasteiger partial charge in [0.15, 0.2) is 0 Å². The van der Waals surface area contributed by atoms with Gasteiger partial charge in [-0.25, -0.2) is 0 Å². The van der Waals surface area contributed by atoms with Crippen LogP contribution in [0.2, 0.25) is 0 Å². The molecule has 1 rings (SSSR count). The molecule has 132 valence electrons.